The number of benzene rings is 1. The molecule has 1 aromatic carbocycles. The number of ether oxygens (including phenoxy) is 1. The number of imidazole rings is 1. The van der Waals surface area contributed by atoms with E-state index in [-0.39, 0.29) is 13.2 Å². The minimum atomic E-state index is -1.25. The molecule has 0 aliphatic rings. The average molecular weight is 342 g/mol. The van der Waals surface area contributed by atoms with Crippen LogP contribution in [0.4, 0.5) is 4.79 Å². The number of fused-ring (bicyclic) bond motifs is 1. The Morgan fingerprint density at radius 3 is 2.80 bits per heavy atom. The highest BCUT2D eigenvalue weighted by Gasteiger charge is 2.23. The van der Waals surface area contributed by atoms with Gasteiger partial charge in [-0.25, -0.2) is 14.3 Å². The molecule has 0 aliphatic heterocycles. The van der Waals surface area contributed by atoms with Gasteiger partial charge in [0, 0.05) is 12.7 Å². The van der Waals surface area contributed by atoms with Gasteiger partial charge in [-0.15, -0.1) is 0 Å². The summed E-state index contributed by atoms with van der Waals surface area (Å²) in [4.78, 5) is 15.8. The number of hydrogen-bond donors (Lipinski definition) is 3. The Hall–Kier alpha value is -2.97. The minimum Gasteiger partial charge on any atom is -0.445 e. The van der Waals surface area contributed by atoms with Gasteiger partial charge in [-0.05, 0) is 17.7 Å². The fourth-order valence-electron chi connectivity index (χ4n) is 2.32. The third kappa shape index (κ3) is 4.11. The Kier molecular flexibility index (Phi) is 5.22. The lowest BCUT2D eigenvalue weighted by molar-refractivity contribution is 0.0149. The van der Waals surface area contributed by atoms with Crippen molar-refractivity contribution in [1.82, 2.24) is 19.9 Å². The smallest absolute Gasteiger partial charge is 0.407 e. The molecule has 0 bridgehead atoms. The normalized spacial score (nSPS) is 13.4. The predicted octanol–water partition coefficient (Wildman–Crippen LogP) is 1.05. The first-order valence-electron chi connectivity index (χ1n) is 7.74. The first-order valence-corrected chi connectivity index (χ1v) is 7.74. The topological polar surface area (TPSA) is 109 Å². The zero-order valence-corrected chi connectivity index (χ0v) is 13.3. The first kappa shape index (κ1) is 16.9. The number of nitrogens with one attached hydrogen (secondary N) is 1. The monoisotopic (exact) mass is 342 g/mol. The Balaban J connectivity index is 1.51. The lowest BCUT2D eigenvalue weighted by Gasteiger charge is -2.17. The molecule has 8 nitrogen and oxygen atoms in total. The molecule has 25 heavy (non-hydrogen) atoms. The van der Waals surface area contributed by atoms with E-state index >= 15 is 0 Å². The van der Waals surface area contributed by atoms with Crippen LogP contribution in [0.1, 0.15) is 17.4 Å². The van der Waals surface area contributed by atoms with Crippen LogP contribution in [0.15, 0.2) is 54.9 Å². The van der Waals surface area contributed by atoms with Crippen LogP contribution in [0.25, 0.3) is 5.65 Å². The number of carbonyl (C=O) groups excluding carboxylic acids is 1. The second-order valence-corrected chi connectivity index (χ2v) is 5.43. The van der Waals surface area contributed by atoms with Crippen molar-refractivity contribution in [2.75, 3.05) is 6.54 Å². The molecule has 0 saturated heterocycles. The number of carbonyl (C=O) groups is 1. The first-order chi connectivity index (χ1) is 12.1. The van der Waals surface area contributed by atoms with E-state index in [9.17, 15) is 15.0 Å². The van der Waals surface area contributed by atoms with Gasteiger partial charge >= 0.3 is 6.09 Å². The lowest BCUT2D eigenvalue weighted by atomic mass is 10.1. The molecular weight excluding hydrogens is 324 g/mol. The summed E-state index contributed by atoms with van der Waals surface area (Å²) in [6.07, 6.45) is -0.169. The molecule has 2 unspecified atom stereocenters. The summed E-state index contributed by atoms with van der Waals surface area (Å²) in [7, 11) is 0. The Morgan fingerprint density at radius 2 is 2.00 bits per heavy atom. The van der Waals surface area contributed by atoms with Crippen LogP contribution in [0, 0.1) is 0 Å². The zero-order valence-electron chi connectivity index (χ0n) is 13.3. The van der Waals surface area contributed by atoms with Crippen LogP contribution < -0.4 is 5.32 Å². The van der Waals surface area contributed by atoms with Gasteiger partial charge in [0.25, 0.3) is 0 Å². The van der Waals surface area contributed by atoms with Crippen molar-refractivity contribution >= 4 is 11.7 Å². The summed E-state index contributed by atoms with van der Waals surface area (Å²) in [5, 5.41) is 26.8. The van der Waals surface area contributed by atoms with Gasteiger partial charge in [0.2, 0.25) is 0 Å². The average Bonchev–Trinajstić information content (AvgIpc) is 3.08. The van der Waals surface area contributed by atoms with Crippen LogP contribution in [-0.2, 0) is 11.3 Å². The highest BCUT2D eigenvalue weighted by Crippen LogP contribution is 2.17. The number of aliphatic hydroxyl groups excluding tert-OH is 2. The van der Waals surface area contributed by atoms with Gasteiger partial charge < -0.3 is 20.3 Å². The molecule has 2 atom stereocenters. The van der Waals surface area contributed by atoms with E-state index < -0.39 is 18.3 Å². The minimum absolute atomic E-state index is 0.127. The van der Waals surface area contributed by atoms with Crippen molar-refractivity contribution in [2.45, 2.75) is 18.8 Å². The van der Waals surface area contributed by atoms with Gasteiger partial charge in [0.1, 0.15) is 18.8 Å². The Morgan fingerprint density at radius 1 is 1.20 bits per heavy atom. The van der Waals surface area contributed by atoms with Gasteiger partial charge in [0.15, 0.2) is 5.65 Å². The van der Waals surface area contributed by atoms with E-state index in [1.165, 1.54) is 10.7 Å². The van der Waals surface area contributed by atoms with Crippen molar-refractivity contribution in [1.29, 1.82) is 0 Å². The summed E-state index contributed by atoms with van der Waals surface area (Å²) in [6.45, 7) is -0.0443. The molecule has 0 fully saturated rings. The summed E-state index contributed by atoms with van der Waals surface area (Å²) in [6, 6.07) is 12.7. The van der Waals surface area contributed by atoms with Crippen LogP contribution in [0.5, 0.6) is 0 Å². The predicted molar refractivity (Wildman–Crippen MR) is 88.6 cm³/mol. The maximum absolute atomic E-state index is 11.7. The molecule has 130 valence electrons. The number of aromatic nitrogens is 3. The third-order valence-corrected chi connectivity index (χ3v) is 3.64. The maximum atomic E-state index is 11.7. The summed E-state index contributed by atoms with van der Waals surface area (Å²) in [5.41, 5.74) is 1.75. The van der Waals surface area contributed by atoms with Crippen LogP contribution in [-0.4, -0.2) is 43.6 Å². The van der Waals surface area contributed by atoms with Gasteiger partial charge in [-0.3, -0.25) is 0 Å². The molecule has 3 rings (SSSR count). The Labute approximate surface area is 143 Å². The summed E-state index contributed by atoms with van der Waals surface area (Å²) >= 11 is 0. The molecular formula is C17H18N4O4. The van der Waals surface area contributed by atoms with Crippen LogP contribution in [0.2, 0.25) is 0 Å². The lowest BCUT2D eigenvalue weighted by Crippen LogP contribution is -2.36. The van der Waals surface area contributed by atoms with E-state index in [4.69, 9.17) is 4.74 Å². The highest BCUT2D eigenvalue weighted by molar-refractivity contribution is 5.67. The van der Waals surface area contributed by atoms with E-state index in [1.54, 1.807) is 18.3 Å². The molecule has 0 saturated carbocycles. The van der Waals surface area contributed by atoms with E-state index in [0.29, 0.717) is 11.3 Å². The second-order valence-electron chi connectivity index (χ2n) is 5.43. The number of amides is 1. The number of nitrogens with zero attached hydrogens (tertiary/aromatic N) is 3. The van der Waals surface area contributed by atoms with E-state index in [0.717, 1.165) is 5.56 Å². The van der Waals surface area contributed by atoms with Gasteiger partial charge in [-0.1, -0.05) is 30.3 Å². The maximum Gasteiger partial charge on any atom is 0.407 e. The standard InChI is InChI=1S/C17H18N4O4/c22-14(10-19-17(24)25-11-12-5-2-1-3-6-12)16(23)13-9-18-15-7-4-8-20-21(13)15/h1-9,14,16,22-23H,10-11H2,(H,19,24). The zero-order chi connectivity index (χ0) is 17.6. The van der Waals surface area contributed by atoms with Crippen molar-refractivity contribution in [3.63, 3.8) is 0 Å². The van der Waals surface area contributed by atoms with Gasteiger partial charge in [-0.2, -0.15) is 5.10 Å². The third-order valence-electron chi connectivity index (χ3n) is 3.64. The molecule has 2 aromatic heterocycles. The van der Waals surface area contributed by atoms with E-state index in [2.05, 4.69) is 15.4 Å². The molecule has 3 aromatic rings. The summed E-state index contributed by atoms with van der Waals surface area (Å²) < 4.78 is 6.48. The quantitative estimate of drug-likeness (QED) is 0.618. The SMILES string of the molecule is O=C(NCC(O)C(O)c1cnc2cccnn12)OCc1ccccc1. The fourth-order valence-corrected chi connectivity index (χ4v) is 2.32. The largest absolute Gasteiger partial charge is 0.445 e. The number of hydrogen-bond acceptors (Lipinski definition) is 6. The van der Waals surface area contributed by atoms with Crippen LogP contribution in [0.3, 0.4) is 0 Å². The van der Waals surface area contributed by atoms with Crippen molar-refractivity contribution in [2.24, 2.45) is 0 Å². The molecule has 1 amide bonds. The van der Waals surface area contributed by atoms with Crippen molar-refractivity contribution in [3.8, 4) is 0 Å². The number of alkyl carbamates (subject to hydrolysis) is 1. The number of rotatable bonds is 6. The number of aliphatic hydroxyl groups is 2. The molecule has 0 radical (unpaired) electrons. The fraction of sp³-hybridized carbons (Fsp3) is 0.235. The van der Waals surface area contributed by atoms with Crippen molar-refractivity contribution in [3.05, 3.63) is 66.1 Å². The second kappa shape index (κ2) is 7.73. The molecule has 8 heteroatoms. The summed E-state index contributed by atoms with van der Waals surface area (Å²) in [5.74, 6) is 0. The Bertz CT molecular complexity index is 837. The highest BCUT2D eigenvalue weighted by atomic mass is 16.5. The molecule has 3 N–H and O–H groups in total. The van der Waals surface area contributed by atoms with Crippen molar-refractivity contribution < 1.29 is 19.7 Å². The molecule has 2 heterocycles. The van der Waals surface area contributed by atoms with Crippen LogP contribution >= 0.6 is 0 Å². The molecule has 0 aliphatic carbocycles. The van der Waals surface area contributed by atoms with E-state index in [1.807, 2.05) is 30.3 Å². The van der Waals surface area contributed by atoms with Gasteiger partial charge in [0.05, 0.1) is 11.9 Å². The molecule has 0 spiro atoms.